The molecule has 0 bridgehead atoms. The number of carbonyl (C=O) groups excluding carboxylic acids is 3. The smallest absolute Gasteiger partial charge is 0.341 e. The van der Waals surface area contributed by atoms with Crippen molar-refractivity contribution in [3.63, 3.8) is 0 Å². The fourth-order valence-corrected chi connectivity index (χ4v) is 6.18. The highest BCUT2D eigenvalue weighted by atomic mass is 31.2. The lowest BCUT2D eigenvalue weighted by Gasteiger charge is -2.31. The van der Waals surface area contributed by atoms with Crippen LogP contribution in [0.25, 0.3) is 16.8 Å². The zero-order chi connectivity index (χ0) is 30.0. The molecule has 3 rings (SSSR count). The quantitative estimate of drug-likeness (QED) is 0.218. The number of benzene rings is 3. The summed E-state index contributed by atoms with van der Waals surface area (Å²) >= 11 is 0. The SMILES string of the molecule is CCN(CC)C(=O)C(OP(=O)(O)C(C(=O)NC=Cc1ccccc1)c1cccc2ccccc12)C(=O)N(CC)CC. The molecule has 0 saturated carbocycles. The van der Waals surface area contributed by atoms with Crippen LogP contribution in [0.15, 0.2) is 79.0 Å². The van der Waals surface area contributed by atoms with Crippen LogP contribution in [0.1, 0.15) is 44.5 Å². The number of likely N-dealkylation sites (N-methyl/N-ethyl adjacent to an activating group) is 2. The highest BCUT2D eigenvalue weighted by Gasteiger charge is 2.46. The van der Waals surface area contributed by atoms with Gasteiger partial charge in [-0.1, -0.05) is 72.8 Å². The Hall–Kier alpha value is -3.78. The van der Waals surface area contributed by atoms with Crippen molar-refractivity contribution in [2.75, 3.05) is 26.2 Å². The lowest BCUT2D eigenvalue weighted by atomic mass is 10.0. The highest BCUT2D eigenvalue weighted by molar-refractivity contribution is 7.54. The summed E-state index contributed by atoms with van der Waals surface area (Å²) in [5, 5.41) is 3.92. The molecule has 10 heteroatoms. The number of rotatable bonds is 13. The molecule has 3 aromatic carbocycles. The fraction of sp³-hybridized carbons (Fsp3) is 0.323. The van der Waals surface area contributed by atoms with Gasteiger partial charge in [-0.25, -0.2) is 0 Å². The van der Waals surface area contributed by atoms with E-state index in [9.17, 15) is 23.8 Å². The molecule has 0 aliphatic heterocycles. The third kappa shape index (κ3) is 7.70. The maximum absolute atomic E-state index is 14.2. The van der Waals surface area contributed by atoms with E-state index >= 15 is 0 Å². The van der Waals surface area contributed by atoms with Gasteiger partial charge in [0.25, 0.3) is 11.8 Å². The van der Waals surface area contributed by atoms with Gasteiger partial charge in [-0.05, 0) is 55.7 Å². The minimum atomic E-state index is -5.02. The molecule has 41 heavy (non-hydrogen) atoms. The zero-order valence-corrected chi connectivity index (χ0v) is 24.8. The largest absolute Gasteiger partial charge is 0.346 e. The molecule has 2 atom stereocenters. The molecule has 0 aliphatic carbocycles. The zero-order valence-electron chi connectivity index (χ0n) is 23.9. The van der Waals surface area contributed by atoms with E-state index in [1.165, 1.54) is 16.0 Å². The molecule has 0 aromatic heterocycles. The lowest BCUT2D eigenvalue weighted by molar-refractivity contribution is -0.152. The summed E-state index contributed by atoms with van der Waals surface area (Å²) in [4.78, 5) is 54.8. The van der Waals surface area contributed by atoms with E-state index in [1.807, 2.05) is 48.5 Å². The Kier molecular flexibility index (Phi) is 11.4. The third-order valence-electron chi connectivity index (χ3n) is 6.85. The van der Waals surface area contributed by atoms with Gasteiger partial charge in [0.15, 0.2) is 5.66 Å². The summed E-state index contributed by atoms with van der Waals surface area (Å²) in [6.45, 7) is 8.05. The van der Waals surface area contributed by atoms with E-state index in [0.717, 1.165) is 10.9 Å². The lowest BCUT2D eigenvalue weighted by Crippen LogP contribution is -2.50. The van der Waals surface area contributed by atoms with Crippen molar-refractivity contribution in [3.8, 4) is 0 Å². The van der Waals surface area contributed by atoms with Crippen LogP contribution in [-0.2, 0) is 23.5 Å². The Balaban J connectivity index is 2.09. The van der Waals surface area contributed by atoms with Crippen molar-refractivity contribution in [1.82, 2.24) is 15.1 Å². The maximum atomic E-state index is 14.2. The summed E-state index contributed by atoms with van der Waals surface area (Å²) in [6, 6.07) is 21.4. The number of nitrogens with zero attached hydrogens (tertiary/aromatic N) is 2. The summed E-state index contributed by atoms with van der Waals surface area (Å²) in [7, 11) is -5.02. The summed E-state index contributed by atoms with van der Waals surface area (Å²) in [6.07, 6.45) is 1.14. The van der Waals surface area contributed by atoms with Crippen LogP contribution in [0.5, 0.6) is 0 Å². The monoisotopic (exact) mass is 579 g/mol. The van der Waals surface area contributed by atoms with Gasteiger partial charge in [0.1, 0.15) is 0 Å². The Labute approximate surface area is 241 Å². The fourth-order valence-electron chi connectivity index (χ4n) is 4.63. The van der Waals surface area contributed by atoms with Crippen LogP contribution in [0.2, 0.25) is 0 Å². The topological polar surface area (TPSA) is 116 Å². The summed E-state index contributed by atoms with van der Waals surface area (Å²) in [5.41, 5.74) is -0.679. The van der Waals surface area contributed by atoms with E-state index in [2.05, 4.69) is 5.32 Å². The standard InChI is InChI=1S/C31H38N3O6P/c1-5-33(6-2)30(36)27(31(37)34(7-3)8-4)40-41(38,39)28(26-20-14-18-24-17-12-13-19-25(24)26)29(35)32-22-21-23-15-10-9-11-16-23/h9-22,27-28H,5-8H2,1-4H3,(H,32,35)(H,38,39). The molecule has 2 N–H and O–H groups in total. The Bertz CT molecular complexity index is 1390. The maximum Gasteiger partial charge on any atom is 0.346 e. The van der Waals surface area contributed by atoms with E-state index in [0.29, 0.717) is 5.39 Å². The average Bonchev–Trinajstić information content (AvgIpc) is 2.97. The number of hydrogen-bond donors (Lipinski definition) is 2. The molecule has 0 spiro atoms. The van der Waals surface area contributed by atoms with Crippen LogP contribution in [0.4, 0.5) is 0 Å². The second-order valence-electron chi connectivity index (χ2n) is 9.29. The number of fused-ring (bicyclic) bond motifs is 1. The first-order chi connectivity index (χ1) is 19.7. The molecule has 0 heterocycles. The van der Waals surface area contributed by atoms with Crippen LogP contribution in [0.3, 0.4) is 0 Å². The molecular weight excluding hydrogens is 541 g/mol. The van der Waals surface area contributed by atoms with Crippen molar-refractivity contribution in [3.05, 3.63) is 90.1 Å². The molecule has 0 aliphatic rings. The third-order valence-corrected chi connectivity index (χ3v) is 8.53. The van der Waals surface area contributed by atoms with Gasteiger partial charge in [0.05, 0.1) is 0 Å². The predicted molar refractivity (Wildman–Crippen MR) is 161 cm³/mol. The molecule has 9 nitrogen and oxygen atoms in total. The molecule has 218 valence electrons. The molecule has 3 aromatic rings. The number of carbonyl (C=O) groups is 3. The van der Waals surface area contributed by atoms with Gasteiger partial charge in [0, 0.05) is 32.4 Å². The van der Waals surface area contributed by atoms with Gasteiger partial charge in [-0.2, -0.15) is 0 Å². The molecular formula is C31H38N3O6P. The van der Waals surface area contributed by atoms with Gasteiger partial charge in [-0.3, -0.25) is 23.5 Å². The van der Waals surface area contributed by atoms with E-state index in [1.54, 1.807) is 58.0 Å². The highest BCUT2D eigenvalue weighted by Crippen LogP contribution is 2.58. The van der Waals surface area contributed by atoms with Crippen molar-refractivity contribution in [2.45, 2.75) is 39.5 Å². The Morgan fingerprint density at radius 3 is 1.95 bits per heavy atom. The normalized spacial score (nSPS) is 13.6. The van der Waals surface area contributed by atoms with Gasteiger partial charge in [-0.15, -0.1) is 0 Å². The number of amides is 3. The minimum Gasteiger partial charge on any atom is -0.341 e. The van der Waals surface area contributed by atoms with Gasteiger partial charge >= 0.3 is 7.60 Å². The van der Waals surface area contributed by atoms with Crippen LogP contribution in [0, 0.1) is 0 Å². The van der Waals surface area contributed by atoms with E-state index in [-0.39, 0.29) is 31.7 Å². The molecule has 0 radical (unpaired) electrons. The first-order valence-corrected chi connectivity index (χ1v) is 15.4. The summed E-state index contributed by atoms with van der Waals surface area (Å²) < 4.78 is 19.8. The van der Waals surface area contributed by atoms with Crippen LogP contribution < -0.4 is 5.32 Å². The summed E-state index contributed by atoms with van der Waals surface area (Å²) in [5.74, 6) is -2.28. The molecule has 0 saturated heterocycles. The Morgan fingerprint density at radius 1 is 0.829 bits per heavy atom. The van der Waals surface area contributed by atoms with Crippen molar-refractivity contribution in [2.24, 2.45) is 0 Å². The van der Waals surface area contributed by atoms with Gasteiger partial charge < -0.3 is 20.0 Å². The van der Waals surface area contributed by atoms with E-state index in [4.69, 9.17) is 4.52 Å². The minimum absolute atomic E-state index is 0.240. The second kappa shape index (κ2) is 14.7. The first kappa shape index (κ1) is 31.7. The predicted octanol–water partition coefficient (Wildman–Crippen LogP) is 4.98. The Morgan fingerprint density at radius 2 is 1.37 bits per heavy atom. The van der Waals surface area contributed by atoms with Crippen molar-refractivity contribution >= 4 is 42.2 Å². The van der Waals surface area contributed by atoms with Crippen molar-refractivity contribution < 1.29 is 28.4 Å². The van der Waals surface area contributed by atoms with Crippen molar-refractivity contribution in [1.29, 1.82) is 0 Å². The van der Waals surface area contributed by atoms with Crippen LogP contribution >= 0.6 is 7.60 Å². The van der Waals surface area contributed by atoms with E-state index < -0.39 is 37.1 Å². The van der Waals surface area contributed by atoms with Crippen LogP contribution in [-0.4, -0.2) is 64.7 Å². The van der Waals surface area contributed by atoms with Gasteiger partial charge in [0.2, 0.25) is 12.0 Å². The number of hydrogen-bond acceptors (Lipinski definition) is 5. The molecule has 3 amide bonds. The molecule has 2 unspecified atom stereocenters. The average molecular weight is 580 g/mol. The first-order valence-electron chi connectivity index (χ1n) is 13.8. The second-order valence-corrected chi connectivity index (χ2v) is 11.1. The number of nitrogens with one attached hydrogen (secondary N) is 1. The molecule has 0 fully saturated rings.